The monoisotopic (exact) mass is 340 g/mol. The lowest BCUT2D eigenvalue weighted by atomic mass is 9.75. The number of piperidine rings is 1. The van der Waals surface area contributed by atoms with Crippen molar-refractivity contribution in [2.24, 2.45) is 11.8 Å². The third-order valence-corrected chi connectivity index (χ3v) is 5.51. The summed E-state index contributed by atoms with van der Waals surface area (Å²) in [5.74, 6) is 1.65. The Morgan fingerprint density at radius 2 is 1.95 bits per heavy atom. The quantitative estimate of drug-likeness (QED) is 0.881. The summed E-state index contributed by atoms with van der Waals surface area (Å²) in [6, 6.07) is 5.11. The molecule has 1 aromatic rings. The lowest BCUT2D eigenvalue weighted by molar-refractivity contribution is -0.118. The zero-order chi connectivity index (χ0) is 15.5. The number of carbonyl (C=O) groups excluding carboxylic acids is 1. The Balaban J connectivity index is 1.54. The maximum absolute atomic E-state index is 12.2. The second-order valence-corrected chi connectivity index (χ2v) is 7.34. The fraction of sp³-hybridized carbons (Fsp3) is 0.588. The van der Waals surface area contributed by atoms with E-state index in [1.165, 1.54) is 32.1 Å². The highest BCUT2D eigenvalue weighted by Gasteiger charge is 2.31. The maximum atomic E-state index is 12.2. The van der Waals surface area contributed by atoms with E-state index < -0.39 is 0 Å². The van der Waals surface area contributed by atoms with Crippen LogP contribution in [0.15, 0.2) is 18.2 Å². The number of hydrogen-bond acceptors (Lipinski definition) is 2. The van der Waals surface area contributed by atoms with Crippen LogP contribution < -0.4 is 5.32 Å². The molecule has 1 N–H and O–H groups in total. The van der Waals surface area contributed by atoms with Gasteiger partial charge in [0.2, 0.25) is 5.91 Å². The lowest BCUT2D eigenvalue weighted by Gasteiger charge is -2.41. The molecule has 22 heavy (non-hydrogen) atoms. The molecule has 1 heterocycles. The summed E-state index contributed by atoms with van der Waals surface area (Å²) >= 11 is 12.0. The molecular formula is C17H22Cl2N2O. The number of halogens is 2. The van der Waals surface area contributed by atoms with Gasteiger partial charge < -0.3 is 5.32 Å². The predicted octanol–water partition coefficient (Wildman–Crippen LogP) is 4.44. The molecule has 0 aromatic heterocycles. The minimum Gasteiger partial charge on any atom is -0.324 e. The summed E-state index contributed by atoms with van der Waals surface area (Å²) in [4.78, 5) is 14.5. The van der Waals surface area contributed by atoms with Crippen molar-refractivity contribution in [3.63, 3.8) is 0 Å². The molecule has 1 saturated carbocycles. The van der Waals surface area contributed by atoms with Crippen molar-refractivity contribution in [2.75, 3.05) is 25.0 Å². The van der Waals surface area contributed by atoms with Gasteiger partial charge in [0, 0.05) is 11.6 Å². The molecule has 1 aliphatic heterocycles. The van der Waals surface area contributed by atoms with Gasteiger partial charge in [0.15, 0.2) is 0 Å². The van der Waals surface area contributed by atoms with Gasteiger partial charge in [0.25, 0.3) is 0 Å². The van der Waals surface area contributed by atoms with Gasteiger partial charge in [0.05, 0.1) is 17.3 Å². The van der Waals surface area contributed by atoms with Crippen LogP contribution in [-0.2, 0) is 4.79 Å². The number of anilines is 1. The first-order valence-corrected chi connectivity index (χ1v) is 8.84. The molecule has 3 nitrogen and oxygen atoms in total. The largest absolute Gasteiger partial charge is 0.324 e. The summed E-state index contributed by atoms with van der Waals surface area (Å²) < 4.78 is 0. The number of hydrogen-bond donors (Lipinski definition) is 1. The predicted molar refractivity (Wildman–Crippen MR) is 91.6 cm³/mol. The maximum Gasteiger partial charge on any atom is 0.238 e. The molecule has 0 spiro atoms. The zero-order valence-corrected chi connectivity index (χ0v) is 14.2. The average molecular weight is 341 g/mol. The first kappa shape index (κ1) is 16.1. The highest BCUT2D eigenvalue weighted by Crippen LogP contribution is 2.36. The molecular weight excluding hydrogens is 319 g/mol. The molecule has 2 aliphatic rings. The Kier molecular flexibility index (Phi) is 5.27. The number of nitrogens with one attached hydrogen (secondary N) is 1. The van der Waals surface area contributed by atoms with Gasteiger partial charge in [-0.3, -0.25) is 9.69 Å². The number of amides is 1. The van der Waals surface area contributed by atoms with Crippen LogP contribution in [0.4, 0.5) is 5.69 Å². The smallest absolute Gasteiger partial charge is 0.238 e. The van der Waals surface area contributed by atoms with Gasteiger partial charge in [0.1, 0.15) is 0 Å². The fourth-order valence-electron chi connectivity index (χ4n) is 3.81. The molecule has 2 fully saturated rings. The van der Waals surface area contributed by atoms with E-state index in [2.05, 4.69) is 10.2 Å². The minimum absolute atomic E-state index is 0.0153. The average Bonchev–Trinajstić information content (AvgIpc) is 2.51. The van der Waals surface area contributed by atoms with Crippen molar-refractivity contribution in [1.29, 1.82) is 0 Å². The van der Waals surface area contributed by atoms with Gasteiger partial charge in [-0.15, -0.1) is 0 Å². The van der Waals surface area contributed by atoms with Crippen molar-refractivity contribution < 1.29 is 4.79 Å². The number of carbonyl (C=O) groups is 1. The number of rotatable bonds is 3. The second-order valence-electron chi connectivity index (χ2n) is 6.50. The molecule has 1 amide bonds. The summed E-state index contributed by atoms with van der Waals surface area (Å²) in [5.41, 5.74) is 0.590. The van der Waals surface area contributed by atoms with Crippen LogP contribution >= 0.6 is 23.2 Å². The molecule has 1 aromatic carbocycles. The van der Waals surface area contributed by atoms with E-state index in [0.29, 0.717) is 22.3 Å². The first-order chi connectivity index (χ1) is 10.6. The van der Waals surface area contributed by atoms with Crippen molar-refractivity contribution >= 4 is 34.8 Å². The summed E-state index contributed by atoms with van der Waals surface area (Å²) in [7, 11) is 0. The zero-order valence-electron chi connectivity index (χ0n) is 12.7. The molecule has 2 unspecified atom stereocenters. The van der Waals surface area contributed by atoms with E-state index in [9.17, 15) is 4.79 Å². The van der Waals surface area contributed by atoms with Crippen LogP contribution in [0, 0.1) is 11.8 Å². The van der Waals surface area contributed by atoms with Crippen LogP contribution in [0.1, 0.15) is 32.1 Å². The Bertz CT molecular complexity index is 549. The van der Waals surface area contributed by atoms with Crippen LogP contribution in [0.5, 0.6) is 0 Å². The van der Waals surface area contributed by atoms with Gasteiger partial charge in [-0.25, -0.2) is 0 Å². The van der Waals surface area contributed by atoms with Crippen molar-refractivity contribution in [1.82, 2.24) is 4.90 Å². The van der Waals surface area contributed by atoms with Gasteiger partial charge in [-0.05, 0) is 49.4 Å². The van der Waals surface area contributed by atoms with Crippen LogP contribution in [0.25, 0.3) is 0 Å². The Hall–Kier alpha value is -0.770. The Morgan fingerprint density at radius 3 is 2.77 bits per heavy atom. The van der Waals surface area contributed by atoms with Crippen LogP contribution in [0.3, 0.4) is 0 Å². The fourth-order valence-corrected chi connectivity index (χ4v) is 4.14. The summed E-state index contributed by atoms with van der Waals surface area (Å²) in [5, 5.41) is 3.96. The number of fused-ring (bicyclic) bond motifs is 1. The van der Waals surface area contributed by atoms with Gasteiger partial charge in [-0.1, -0.05) is 42.5 Å². The highest BCUT2D eigenvalue weighted by atomic mass is 35.5. The van der Waals surface area contributed by atoms with Gasteiger partial charge >= 0.3 is 0 Å². The van der Waals surface area contributed by atoms with Crippen molar-refractivity contribution in [2.45, 2.75) is 32.1 Å². The SMILES string of the molecule is O=C(CN1CCC2CCCCC2C1)Nc1cc(Cl)ccc1Cl. The number of likely N-dealkylation sites (tertiary alicyclic amines) is 1. The van der Waals surface area contributed by atoms with Gasteiger partial charge in [-0.2, -0.15) is 0 Å². The number of nitrogens with zero attached hydrogens (tertiary/aromatic N) is 1. The number of benzene rings is 1. The second kappa shape index (κ2) is 7.20. The minimum atomic E-state index is -0.0153. The Morgan fingerprint density at radius 1 is 1.18 bits per heavy atom. The standard InChI is InChI=1S/C17H22Cl2N2O/c18-14-5-6-15(19)16(9-14)20-17(22)11-21-8-7-12-3-1-2-4-13(12)10-21/h5-6,9,12-13H,1-4,7-8,10-11H2,(H,20,22). The molecule has 1 aliphatic carbocycles. The topological polar surface area (TPSA) is 32.3 Å². The van der Waals surface area contributed by atoms with E-state index in [4.69, 9.17) is 23.2 Å². The molecule has 0 bridgehead atoms. The molecule has 1 saturated heterocycles. The normalized spacial score (nSPS) is 25.5. The molecule has 120 valence electrons. The van der Waals surface area contributed by atoms with Crippen LogP contribution in [-0.4, -0.2) is 30.4 Å². The Labute approximate surface area is 142 Å². The first-order valence-electron chi connectivity index (χ1n) is 8.09. The van der Waals surface area contributed by atoms with E-state index >= 15 is 0 Å². The van der Waals surface area contributed by atoms with Crippen molar-refractivity contribution in [3.8, 4) is 0 Å². The molecule has 2 atom stereocenters. The third-order valence-electron chi connectivity index (χ3n) is 4.95. The highest BCUT2D eigenvalue weighted by molar-refractivity contribution is 6.35. The molecule has 3 rings (SSSR count). The third kappa shape index (κ3) is 3.95. The van der Waals surface area contributed by atoms with E-state index in [-0.39, 0.29) is 5.91 Å². The summed E-state index contributed by atoms with van der Waals surface area (Å²) in [6.45, 7) is 2.52. The lowest BCUT2D eigenvalue weighted by Crippen LogP contribution is -2.44. The molecule has 5 heteroatoms. The van der Waals surface area contributed by atoms with Crippen LogP contribution in [0.2, 0.25) is 10.0 Å². The summed E-state index contributed by atoms with van der Waals surface area (Å²) in [6.07, 6.45) is 6.66. The molecule has 0 radical (unpaired) electrons. The van der Waals surface area contributed by atoms with Crippen molar-refractivity contribution in [3.05, 3.63) is 28.2 Å². The van der Waals surface area contributed by atoms with E-state index in [0.717, 1.165) is 24.9 Å². The van der Waals surface area contributed by atoms with E-state index in [1.54, 1.807) is 18.2 Å². The van der Waals surface area contributed by atoms with E-state index in [1.807, 2.05) is 0 Å².